The lowest BCUT2D eigenvalue weighted by atomic mass is 10.0. The van der Waals surface area contributed by atoms with E-state index in [0.717, 1.165) is 0 Å². The Morgan fingerprint density at radius 2 is 0.740 bits per heavy atom. The lowest BCUT2D eigenvalue weighted by Gasteiger charge is -2.43. The minimum Gasteiger partial charge on any atom is -0.377 e. The highest BCUT2D eigenvalue weighted by Crippen LogP contribution is 2.55. The second-order valence-corrected chi connectivity index (χ2v) is 16.0. The van der Waals surface area contributed by atoms with Gasteiger partial charge in [-0.3, -0.25) is 0 Å². The first-order valence-electron chi connectivity index (χ1n) is 12.5. The summed E-state index contributed by atoms with van der Waals surface area (Å²) in [6, 6.07) is 0. The molecule has 4 atom stereocenters. The fraction of sp³-hybridized carbons (Fsp3) is 1.00. The molecule has 30 heteroatoms. The van der Waals surface area contributed by atoms with Gasteiger partial charge < -0.3 is 36.0 Å². The molecule has 0 amide bonds. The van der Waals surface area contributed by atoms with Crippen LogP contribution >= 0.6 is 0 Å². The van der Waals surface area contributed by atoms with Crippen molar-refractivity contribution in [3.63, 3.8) is 0 Å². The van der Waals surface area contributed by atoms with Crippen molar-refractivity contribution >= 4 is 17.6 Å². The smallest absolute Gasteiger partial charge is 0.377 e. The summed E-state index contributed by atoms with van der Waals surface area (Å²) < 4.78 is 306. The average Bonchev–Trinajstić information content (AvgIpc) is 2.94. The summed E-state index contributed by atoms with van der Waals surface area (Å²) in [4.78, 5) is 0. The summed E-state index contributed by atoms with van der Waals surface area (Å²) in [6.07, 6.45) is -56.1. The van der Waals surface area contributed by atoms with Crippen LogP contribution in [-0.2, 0) is 36.0 Å². The Kier molecular flexibility index (Phi) is 15.6. The minimum absolute atomic E-state index is 0.339. The molecule has 0 aliphatic heterocycles. The van der Waals surface area contributed by atoms with Gasteiger partial charge in [0.25, 0.3) is 0 Å². The fourth-order valence-electron chi connectivity index (χ4n) is 4.30. The van der Waals surface area contributed by atoms with Gasteiger partial charge in [-0.1, -0.05) is 0 Å². The number of rotatable bonds is 19. The fourth-order valence-corrected chi connectivity index (χ4v) is 9.69. The number of ether oxygens (including phenoxy) is 2. The van der Waals surface area contributed by atoms with Gasteiger partial charge in [-0.25, -0.2) is 0 Å². The van der Waals surface area contributed by atoms with E-state index in [-0.39, 0.29) is 0 Å². The van der Waals surface area contributed by atoms with Crippen LogP contribution < -0.4 is 0 Å². The third kappa shape index (κ3) is 10.0. The Labute approximate surface area is 269 Å². The lowest BCUT2D eigenvalue weighted by molar-refractivity contribution is -0.446. The van der Waals surface area contributed by atoms with Gasteiger partial charge >= 0.3 is 66.4 Å². The van der Waals surface area contributed by atoms with E-state index in [1.54, 1.807) is 0 Å². The average molecular weight is 831 g/mol. The zero-order chi connectivity index (χ0) is 40.4. The molecule has 0 aliphatic rings. The van der Waals surface area contributed by atoms with E-state index in [9.17, 15) is 87.8 Å². The third-order valence-electron chi connectivity index (χ3n) is 6.76. The van der Waals surface area contributed by atoms with Gasteiger partial charge in [0.1, 0.15) is 0 Å². The van der Waals surface area contributed by atoms with Crippen molar-refractivity contribution in [1.82, 2.24) is 0 Å². The summed E-state index contributed by atoms with van der Waals surface area (Å²) in [6.45, 7) is 0. The Hall–Kier alpha value is -1.29. The Balaban J connectivity index is 7.84. The molecule has 0 saturated carbocycles. The van der Waals surface area contributed by atoms with Crippen molar-refractivity contribution in [1.29, 1.82) is 0 Å². The van der Waals surface area contributed by atoms with E-state index in [1.807, 2.05) is 0 Å². The summed E-state index contributed by atoms with van der Waals surface area (Å²) in [5.41, 5.74) is -6.45. The predicted molar refractivity (Wildman–Crippen MR) is 124 cm³/mol. The molecule has 0 aromatic carbocycles. The van der Waals surface area contributed by atoms with Gasteiger partial charge in [0.15, 0.2) is 12.2 Å². The van der Waals surface area contributed by atoms with Crippen LogP contribution in [-0.4, -0.2) is 121 Å². The van der Waals surface area contributed by atoms with Gasteiger partial charge in [0.2, 0.25) is 0 Å². The monoisotopic (exact) mass is 830 g/mol. The van der Waals surface area contributed by atoms with Gasteiger partial charge in [0.05, 0.1) is 5.54 Å². The van der Waals surface area contributed by atoms with E-state index < -0.39 is 103 Å². The van der Waals surface area contributed by atoms with Crippen LogP contribution in [0.1, 0.15) is 12.8 Å². The molecular weight excluding hydrogens is 804 g/mol. The second-order valence-electron chi connectivity index (χ2n) is 9.61. The summed E-state index contributed by atoms with van der Waals surface area (Å²) in [5, 5.41) is 0. The Morgan fingerprint density at radius 1 is 0.420 bits per heavy atom. The first-order valence-corrected chi connectivity index (χ1v) is 16.1. The van der Waals surface area contributed by atoms with Crippen molar-refractivity contribution < 1.29 is 124 Å². The Bertz CT molecular complexity index is 1040. The van der Waals surface area contributed by atoms with E-state index in [4.69, 9.17) is 13.3 Å². The maximum atomic E-state index is 14.3. The van der Waals surface area contributed by atoms with Crippen LogP contribution in [0.5, 0.6) is 0 Å². The molecule has 0 aliphatic carbocycles. The van der Waals surface area contributed by atoms with E-state index in [0.29, 0.717) is 42.7 Å². The van der Waals surface area contributed by atoms with Crippen molar-refractivity contribution in [2.75, 3.05) is 42.7 Å². The highest BCUT2D eigenvalue weighted by Gasteiger charge is 2.78. The molecule has 0 heterocycles. The van der Waals surface area contributed by atoms with E-state index in [1.165, 1.54) is 0 Å². The molecule has 0 bridgehead atoms. The summed E-state index contributed by atoms with van der Waals surface area (Å²) in [7, 11) is -8.75. The zero-order valence-corrected chi connectivity index (χ0v) is 27.5. The van der Waals surface area contributed by atoms with Crippen LogP contribution in [0.25, 0.3) is 0 Å². The quantitative estimate of drug-likeness (QED) is 0.0969. The standard InChI is InChI=1S/C20H26F20O8Si2/c1-41-49(42-2,43-3)9(8-11(13(21,22)23)47-19(37,38)15(27,28)17(31,32)33)7-10(50(44-4,45-5)46-6)12(14(24,25)26)48-20(39,40)16(29,30)18(34,35)36/h9-12H,7-8H2,1-6H3. The van der Waals surface area contributed by atoms with Gasteiger partial charge in [-0.05, 0) is 12.8 Å². The topological polar surface area (TPSA) is 73.8 Å². The molecule has 50 heavy (non-hydrogen) atoms. The lowest BCUT2D eigenvalue weighted by Crippen LogP contribution is -2.61. The molecule has 4 unspecified atom stereocenters. The number of hydrogen-bond acceptors (Lipinski definition) is 8. The third-order valence-corrected chi connectivity index (χ3v) is 13.1. The number of alkyl halides is 20. The SMILES string of the molecule is CO[Si](OC)(OC)C(CC(OC(F)(F)C(F)(F)C(F)(F)F)C(F)(F)F)CC(C(OC(F)(F)C(F)(F)C(F)(F)F)C(F)(F)F)[Si](OC)(OC)OC. The molecule has 0 N–H and O–H groups in total. The first kappa shape index (κ1) is 48.7. The molecule has 0 spiro atoms. The minimum atomic E-state index is -7.43. The van der Waals surface area contributed by atoms with Crippen molar-refractivity contribution in [2.45, 2.75) is 84.9 Å². The maximum absolute atomic E-state index is 14.3. The predicted octanol–water partition coefficient (Wildman–Crippen LogP) is 7.74. The van der Waals surface area contributed by atoms with Crippen molar-refractivity contribution in [2.24, 2.45) is 0 Å². The maximum Gasteiger partial charge on any atom is 0.506 e. The van der Waals surface area contributed by atoms with E-state index in [2.05, 4.69) is 22.8 Å². The molecular formula is C20H26F20O8Si2. The first-order chi connectivity index (χ1) is 22.0. The van der Waals surface area contributed by atoms with Crippen molar-refractivity contribution in [3.05, 3.63) is 0 Å². The van der Waals surface area contributed by atoms with Crippen molar-refractivity contribution in [3.8, 4) is 0 Å². The molecule has 0 aromatic rings. The highest BCUT2D eigenvalue weighted by atomic mass is 28.4. The van der Waals surface area contributed by atoms with Gasteiger partial charge in [-0.2, -0.15) is 87.8 Å². The molecule has 302 valence electrons. The Morgan fingerprint density at radius 3 is 1.00 bits per heavy atom. The zero-order valence-electron chi connectivity index (χ0n) is 25.5. The number of hydrogen-bond donors (Lipinski definition) is 0. The molecule has 0 saturated heterocycles. The van der Waals surface area contributed by atoms with Crippen LogP contribution in [0.3, 0.4) is 0 Å². The van der Waals surface area contributed by atoms with Gasteiger partial charge in [-0.15, -0.1) is 0 Å². The van der Waals surface area contributed by atoms with E-state index >= 15 is 0 Å². The van der Waals surface area contributed by atoms with Crippen LogP contribution in [0.2, 0.25) is 11.1 Å². The molecule has 0 aromatic heterocycles. The summed E-state index contributed by atoms with van der Waals surface area (Å²) in [5.74, 6) is -14.8. The number of halogens is 20. The largest absolute Gasteiger partial charge is 0.506 e. The normalized spacial score (nSPS) is 17.9. The molecule has 0 fully saturated rings. The highest BCUT2D eigenvalue weighted by molar-refractivity contribution is 6.64. The second kappa shape index (κ2) is 16.0. The molecule has 8 nitrogen and oxygen atoms in total. The molecule has 0 radical (unpaired) electrons. The van der Waals surface area contributed by atoms with Crippen LogP contribution in [0.15, 0.2) is 0 Å². The van der Waals surface area contributed by atoms with Crippen LogP contribution in [0.4, 0.5) is 87.8 Å². The van der Waals surface area contributed by atoms with Gasteiger partial charge in [0, 0.05) is 48.2 Å². The van der Waals surface area contributed by atoms with Crippen LogP contribution in [0, 0.1) is 0 Å². The molecule has 0 rings (SSSR count). The summed E-state index contributed by atoms with van der Waals surface area (Å²) >= 11 is 0.